The van der Waals surface area contributed by atoms with Crippen molar-refractivity contribution in [3.63, 3.8) is 0 Å². The van der Waals surface area contributed by atoms with Crippen LogP contribution in [0.25, 0.3) is 0 Å². The predicted octanol–water partition coefficient (Wildman–Crippen LogP) is 4.88. The van der Waals surface area contributed by atoms with E-state index in [1.54, 1.807) is 12.1 Å². The molecule has 1 amide bonds. The largest absolute Gasteiger partial charge is 0.332 e. The highest BCUT2D eigenvalue weighted by Crippen LogP contribution is 2.21. The number of hydrogen-bond acceptors (Lipinski definition) is 2. The van der Waals surface area contributed by atoms with Gasteiger partial charge in [-0.15, -0.1) is 0 Å². The van der Waals surface area contributed by atoms with Gasteiger partial charge in [-0.05, 0) is 54.7 Å². The number of benzene rings is 2. The van der Waals surface area contributed by atoms with E-state index in [0.29, 0.717) is 10.6 Å². The Morgan fingerprint density at radius 3 is 2.38 bits per heavy atom. The van der Waals surface area contributed by atoms with Crippen LogP contribution >= 0.6 is 51.3 Å². The molecule has 0 fully saturated rings. The third-order valence-corrected chi connectivity index (χ3v) is 3.79. The molecule has 21 heavy (non-hydrogen) atoms. The zero-order valence-corrected chi connectivity index (χ0v) is 14.4. The summed E-state index contributed by atoms with van der Waals surface area (Å²) in [6, 6.07) is 12.0. The van der Waals surface area contributed by atoms with Crippen molar-refractivity contribution in [1.82, 2.24) is 5.32 Å². The minimum absolute atomic E-state index is 0.188. The van der Waals surface area contributed by atoms with Crippen LogP contribution in [0.3, 0.4) is 0 Å². The van der Waals surface area contributed by atoms with Crippen molar-refractivity contribution in [3.05, 3.63) is 62.5 Å². The topological polar surface area (TPSA) is 41.1 Å². The van der Waals surface area contributed by atoms with Crippen LogP contribution in [0.1, 0.15) is 10.4 Å². The Hall–Kier alpha value is -1.14. The highest BCUT2D eigenvalue weighted by atomic mass is 79.9. The summed E-state index contributed by atoms with van der Waals surface area (Å²) in [5, 5.41) is 6.39. The van der Waals surface area contributed by atoms with Crippen molar-refractivity contribution in [1.29, 1.82) is 0 Å². The van der Waals surface area contributed by atoms with Gasteiger partial charge < -0.3 is 5.32 Å². The first-order valence-corrected chi connectivity index (χ1v) is 7.74. The fourth-order valence-electron chi connectivity index (χ4n) is 1.54. The quantitative estimate of drug-likeness (QED) is 0.702. The average Bonchev–Trinajstić information content (AvgIpc) is 2.41. The van der Waals surface area contributed by atoms with Gasteiger partial charge in [0.15, 0.2) is 5.11 Å². The third kappa shape index (κ3) is 4.68. The number of carbonyl (C=O) groups excluding carboxylic acids is 1. The predicted molar refractivity (Wildman–Crippen MR) is 94.3 cm³/mol. The number of carbonyl (C=O) groups is 1. The van der Waals surface area contributed by atoms with Gasteiger partial charge in [0.1, 0.15) is 0 Å². The molecular weight excluding hydrogens is 395 g/mol. The van der Waals surface area contributed by atoms with Gasteiger partial charge in [-0.2, -0.15) is 0 Å². The van der Waals surface area contributed by atoms with Gasteiger partial charge in [0.25, 0.3) is 5.91 Å². The Morgan fingerprint density at radius 1 is 1.10 bits per heavy atom. The van der Waals surface area contributed by atoms with E-state index in [2.05, 4.69) is 26.6 Å². The summed E-state index contributed by atoms with van der Waals surface area (Å²) in [5.74, 6) is -0.397. The monoisotopic (exact) mass is 402 g/mol. The lowest BCUT2D eigenvalue weighted by atomic mass is 10.2. The van der Waals surface area contributed by atoms with Crippen LogP contribution in [0.5, 0.6) is 0 Å². The molecule has 0 aliphatic heterocycles. The molecule has 2 aromatic carbocycles. The maximum Gasteiger partial charge on any atom is 0.258 e. The van der Waals surface area contributed by atoms with Gasteiger partial charge in [0.2, 0.25) is 0 Å². The minimum Gasteiger partial charge on any atom is -0.332 e. The van der Waals surface area contributed by atoms with Crippen molar-refractivity contribution in [2.75, 3.05) is 5.32 Å². The van der Waals surface area contributed by atoms with Crippen molar-refractivity contribution in [3.8, 4) is 0 Å². The van der Waals surface area contributed by atoms with Crippen LogP contribution in [0.4, 0.5) is 5.69 Å². The molecule has 2 rings (SSSR count). The summed E-state index contributed by atoms with van der Waals surface area (Å²) in [6.07, 6.45) is 0. The first kappa shape index (κ1) is 16.2. The van der Waals surface area contributed by atoms with E-state index in [1.807, 2.05) is 24.3 Å². The zero-order chi connectivity index (χ0) is 15.4. The molecule has 7 heteroatoms. The summed E-state index contributed by atoms with van der Waals surface area (Å²) < 4.78 is 0.955. The molecule has 0 heterocycles. The summed E-state index contributed by atoms with van der Waals surface area (Å²) >= 11 is 20.2. The van der Waals surface area contributed by atoms with E-state index < -0.39 is 5.91 Å². The van der Waals surface area contributed by atoms with Gasteiger partial charge in [-0.25, -0.2) is 0 Å². The maximum absolute atomic E-state index is 12.1. The number of thiocarbonyl (C=S) groups is 1. The van der Waals surface area contributed by atoms with Crippen LogP contribution in [-0.4, -0.2) is 11.0 Å². The molecule has 108 valence electrons. The number of rotatable bonds is 2. The van der Waals surface area contributed by atoms with Gasteiger partial charge in [0.05, 0.1) is 10.6 Å². The van der Waals surface area contributed by atoms with Crippen LogP contribution < -0.4 is 10.6 Å². The van der Waals surface area contributed by atoms with Gasteiger partial charge in [-0.1, -0.05) is 39.1 Å². The minimum atomic E-state index is -0.397. The van der Waals surface area contributed by atoms with Crippen molar-refractivity contribution in [2.24, 2.45) is 0 Å². The second-order valence-electron chi connectivity index (χ2n) is 4.04. The molecule has 0 aromatic heterocycles. The Kier molecular flexibility index (Phi) is 5.58. The second-order valence-corrected chi connectivity index (χ2v) is 6.21. The molecular formula is C14H9BrCl2N2OS. The van der Waals surface area contributed by atoms with E-state index in [-0.39, 0.29) is 10.1 Å². The van der Waals surface area contributed by atoms with Crippen molar-refractivity contribution < 1.29 is 4.79 Å². The first-order chi connectivity index (χ1) is 9.95. The van der Waals surface area contributed by atoms with E-state index >= 15 is 0 Å². The van der Waals surface area contributed by atoms with E-state index in [1.165, 1.54) is 6.07 Å². The molecule has 0 spiro atoms. The fourth-order valence-corrected chi connectivity index (χ4v) is 2.51. The van der Waals surface area contributed by atoms with E-state index in [4.69, 9.17) is 35.4 Å². The molecule has 2 aromatic rings. The molecule has 0 saturated carbocycles. The van der Waals surface area contributed by atoms with Gasteiger partial charge in [0, 0.05) is 15.2 Å². The van der Waals surface area contributed by atoms with Crippen molar-refractivity contribution in [2.45, 2.75) is 0 Å². The number of amides is 1. The number of halogens is 3. The Bertz CT molecular complexity index is 692. The van der Waals surface area contributed by atoms with Crippen LogP contribution in [0.15, 0.2) is 46.9 Å². The Morgan fingerprint density at radius 2 is 1.76 bits per heavy atom. The van der Waals surface area contributed by atoms with Crippen LogP contribution in [0.2, 0.25) is 10.0 Å². The Labute approximate surface area is 145 Å². The molecule has 3 nitrogen and oxygen atoms in total. The molecule has 0 radical (unpaired) electrons. The van der Waals surface area contributed by atoms with E-state index in [0.717, 1.165) is 10.2 Å². The second kappa shape index (κ2) is 7.22. The SMILES string of the molecule is O=C(NC(=S)Nc1ccc(Br)cc1)c1ccc(Cl)cc1Cl. The fraction of sp³-hybridized carbons (Fsp3) is 0. The van der Waals surface area contributed by atoms with Gasteiger partial charge >= 0.3 is 0 Å². The summed E-state index contributed by atoms with van der Waals surface area (Å²) in [4.78, 5) is 12.1. The molecule has 0 saturated heterocycles. The number of anilines is 1. The molecule has 0 atom stereocenters. The van der Waals surface area contributed by atoms with Crippen molar-refractivity contribution >= 4 is 68.1 Å². The standard InChI is InChI=1S/C14H9BrCl2N2OS/c15-8-1-4-10(5-2-8)18-14(21)19-13(20)11-6-3-9(16)7-12(11)17/h1-7H,(H2,18,19,20,21). The number of hydrogen-bond donors (Lipinski definition) is 2. The highest BCUT2D eigenvalue weighted by Gasteiger charge is 2.12. The lowest BCUT2D eigenvalue weighted by molar-refractivity contribution is 0.0978. The summed E-state index contributed by atoms with van der Waals surface area (Å²) in [7, 11) is 0. The maximum atomic E-state index is 12.1. The normalized spacial score (nSPS) is 10.0. The smallest absolute Gasteiger partial charge is 0.258 e. The molecule has 0 bridgehead atoms. The molecule has 0 unspecified atom stereocenters. The average molecular weight is 404 g/mol. The lowest BCUT2D eigenvalue weighted by Gasteiger charge is -2.10. The van der Waals surface area contributed by atoms with Gasteiger partial charge in [-0.3, -0.25) is 10.1 Å². The third-order valence-electron chi connectivity index (χ3n) is 2.50. The summed E-state index contributed by atoms with van der Waals surface area (Å²) in [6.45, 7) is 0. The lowest BCUT2D eigenvalue weighted by Crippen LogP contribution is -2.34. The first-order valence-electron chi connectivity index (χ1n) is 5.78. The molecule has 2 N–H and O–H groups in total. The summed E-state index contributed by atoms with van der Waals surface area (Å²) in [5.41, 5.74) is 1.08. The zero-order valence-electron chi connectivity index (χ0n) is 10.5. The van der Waals surface area contributed by atoms with E-state index in [9.17, 15) is 4.79 Å². The highest BCUT2D eigenvalue weighted by molar-refractivity contribution is 9.10. The number of nitrogens with one attached hydrogen (secondary N) is 2. The Balaban J connectivity index is 2.02. The molecule has 0 aliphatic rings. The van der Waals surface area contributed by atoms with Crippen LogP contribution in [-0.2, 0) is 0 Å². The van der Waals surface area contributed by atoms with Crippen LogP contribution in [0, 0.1) is 0 Å². The molecule has 0 aliphatic carbocycles.